The average Bonchev–Trinajstić information content (AvgIpc) is 2.44. The molecular weight excluding hydrogens is 238 g/mol. The molecule has 4 nitrogen and oxygen atoms in total. The van der Waals surface area contributed by atoms with Gasteiger partial charge in [-0.05, 0) is 25.1 Å². The molecule has 0 fully saturated rings. The maximum Gasteiger partial charge on any atom is 0.129 e. The molecule has 1 rings (SSSR count). The second-order valence-electron chi connectivity index (χ2n) is 4.39. The summed E-state index contributed by atoms with van der Waals surface area (Å²) in [5.74, 6) is 0.979. The standard InChI is InChI=1S/C15H25N3O/c1-4-9-16-13-14-7-6-8-15(17-14)18(10-5-2)11-12-19-3/h5-8,16H,2,4,9-13H2,1,3H3. The van der Waals surface area contributed by atoms with Gasteiger partial charge in [0.05, 0.1) is 12.3 Å². The fourth-order valence-corrected chi connectivity index (χ4v) is 1.79. The second-order valence-corrected chi connectivity index (χ2v) is 4.39. The van der Waals surface area contributed by atoms with Crippen molar-refractivity contribution >= 4 is 5.82 Å². The first-order valence-corrected chi connectivity index (χ1v) is 6.83. The van der Waals surface area contributed by atoms with Crippen molar-refractivity contribution in [2.24, 2.45) is 0 Å². The van der Waals surface area contributed by atoms with Crippen LogP contribution in [0.15, 0.2) is 30.9 Å². The van der Waals surface area contributed by atoms with Gasteiger partial charge in [0, 0.05) is 26.7 Å². The molecule has 0 radical (unpaired) electrons. The van der Waals surface area contributed by atoms with Gasteiger partial charge in [0.1, 0.15) is 5.82 Å². The highest BCUT2D eigenvalue weighted by atomic mass is 16.5. The van der Waals surface area contributed by atoms with Gasteiger partial charge in [-0.25, -0.2) is 4.98 Å². The third kappa shape index (κ3) is 5.85. The van der Waals surface area contributed by atoms with Crippen molar-refractivity contribution in [2.45, 2.75) is 19.9 Å². The lowest BCUT2D eigenvalue weighted by molar-refractivity contribution is 0.205. The molecule has 0 aliphatic rings. The number of pyridine rings is 1. The highest BCUT2D eigenvalue weighted by molar-refractivity contribution is 5.40. The first-order chi connectivity index (χ1) is 9.31. The lowest BCUT2D eigenvalue weighted by Gasteiger charge is -2.22. The monoisotopic (exact) mass is 263 g/mol. The van der Waals surface area contributed by atoms with E-state index in [2.05, 4.69) is 34.8 Å². The maximum absolute atomic E-state index is 5.13. The van der Waals surface area contributed by atoms with Crippen LogP contribution >= 0.6 is 0 Å². The van der Waals surface area contributed by atoms with E-state index < -0.39 is 0 Å². The van der Waals surface area contributed by atoms with E-state index in [0.29, 0.717) is 6.61 Å². The molecule has 0 bridgehead atoms. The molecular formula is C15H25N3O. The fourth-order valence-electron chi connectivity index (χ4n) is 1.79. The molecule has 19 heavy (non-hydrogen) atoms. The fraction of sp³-hybridized carbons (Fsp3) is 0.533. The zero-order valence-electron chi connectivity index (χ0n) is 12.1. The summed E-state index contributed by atoms with van der Waals surface area (Å²) in [7, 11) is 1.71. The number of anilines is 1. The minimum Gasteiger partial charge on any atom is -0.383 e. The SMILES string of the molecule is C=CCN(CCOC)c1cccc(CNCCC)n1. The largest absolute Gasteiger partial charge is 0.383 e. The van der Waals surface area contributed by atoms with Crippen LogP contribution in [0, 0.1) is 0 Å². The molecule has 0 atom stereocenters. The Morgan fingerprint density at radius 1 is 1.47 bits per heavy atom. The summed E-state index contributed by atoms with van der Waals surface area (Å²) < 4.78 is 5.13. The number of nitrogens with zero attached hydrogens (tertiary/aromatic N) is 2. The van der Waals surface area contributed by atoms with Gasteiger partial charge < -0.3 is 15.0 Å². The van der Waals surface area contributed by atoms with E-state index in [-0.39, 0.29) is 0 Å². The summed E-state index contributed by atoms with van der Waals surface area (Å²) in [5.41, 5.74) is 1.07. The first-order valence-electron chi connectivity index (χ1n) is 6.83. The molecule has 0 amide bonds. The summed E-state index contributed by atoms with van der Waals surface area (Å²) in [6.07, 6.45) is 3.02. The number of ether oxygens (including phenoxy) is 1. The third-order valence-electron chi connectivity index (χ3n) is 2.76. The van der Waals surface area contributed by atoms with E-state index in [1.807, 2.05) is 18.2 Å². The van der Waals surface area contributed by atoms with Gasteiger partial charge in [-0.2, -0.15) is 0 Å². The predicted octanol–water partition coefficient (Wildman–Crippen LogP) is 2.22. The summed E-state index contributed by atoms with van der Waals surface area (Å²) >= 11 is 0. The lowest BCUT2D eigenvalue weighted by atomic mass is 10.3. The Morgan fingerprint density at radius 2 is 2.32 bits per heavy atom. The van der Waals surface area contributed by atoms with Crippen LogP contribution in [-0.2, 0) is 11.3 Å². The number of aromatic nitrogens is 1. The van der Waals surface area contributed by atoms with Crippen LogP contribution < -0.4 is 10.2 Å². The average molecular weight is 263 g/mol. The third-order valence-corrected chi connectivity index (χ3v) is 2.76. The van der Waals surface area contributed by atoms with E-state index in [1.54, 1.807) is 7.11 Å². The van der Waals surface area contributed by atoms with Crippen LogP contribution in [0.5, 0.6) is 0 Å². The molecule has 0 aliphatic carbocycles. The van der Waals surface area contributed by atoms with Gasteiger partial charge in [0.15, 0.2) is 0 Å². The number of hydrogen-bond acceptors (Lipinski definition) is 4. The van der Waals surface area contributed by atoms with Crippen LogP contribution in [0.25, 0.3) is 0 Å². The summed E-state index contributed by atoms with van der Waals surface area (Å²) in [6, 6.07) is 6.13. The molecule has 0 aliphatic heterocycles. The zero-order valence-corrected chi connectivity index (χ0v) is 12.1. The van der Waals surface area contributed by atoms with Gasteiger partial charge in [-0.1, -0.05) is 19.1 Å². The number of nitrogens with one attached hydrogen (secondary N) is 1. The second kappa shape index (κ2) is 9.53. The molecule has 1 aromatic rings. The Hall–Kier alpha value is -1.39. The summed E-state index contributed by atoms with van der Waals surface area (Å²) in [5, 5.41) is 3.37. The van der Waals surface area contributed by atoms with Crippen molar-refractivity contribution in [3.05, 3.63) is 36.5 Å². The highest BCUT2D eigenvalue weighted by Crippen LogP contribution is 2.11. The molecule has 0 aromatic carbocycles. The van der Waals surface area contributed by atoms with Crippen LogP contribution in [-0.4, -0.2) is 38.3 Å². The molecule has 1 N–H and O–H groups in total. The molecule has 0 saturated carbocycles. The molecule has 106 valence electrons. The molecule has 4 heteroatoms. The van der Waals surface area contributed by atoms with Crippen molar-refractivity contribution in [2.75, 3.05) is 38.3 Å². The van der Waals surface area contributed by atoms with Gasteiger partial charge in [0.2, 0.25) is 0 Å². The molecule has 0 unspecified atom stereocenters. The van der Waals surface area contributed by atoms with Crippen molar-refractivity contribution in [1.82, 2.24) is 10.3 Å². The van der Waals surface area contributed by atoms with Gasteiger partial charge in [0.25, 0.3) is 0 Å². The van der Waals surface area contributed by atoms with E-state index in [0.717, 1.165) is 44.1 Å². The first kappa shape index (κ1) is 15.7. The molecule has 1 heterocycles. The predicted molar refractivity (Wildman–Crippen MR) is 80.5 cm³/mol. The smallest absolute Gasteiger partial charge is 0.129 e. The Balaban J connectivity index is 2.67. The minimum atomic E-state index is 0.688. The summed E-state index contributed by atoms with van der Waals surface area (Å²) in [6.45, 7) is 10.1. The molecule has 0 spiro atoms. The Labute approximate surface area is 116 Å². The van der Waals surface area contributed by atoms with Gasteiger partial charge in [-0.3, -0.25) is 0 Å². The van der Waals surface area contributed by atoms with Crippen molar-refractivity contribution in [3.63, 3.8) is 0 Å². The van der Waals surface area contributed by atoms with E-state index in [9.17, 15) is 0 Å². The van der Waals surface area contributed by atoms with Gasteiger partial charge in [-0.15, -0.1) is 6.58 Å². The number of rotatable bonds is 10. The molecule has 1 aromatic heterocycles. The Morgan fingerprint density at radius 3 is 3.00 bits per heavy atom. The van der Waals surface area contributed by atoms with Crippen LogP contribution in [0.3, 0.4) is 0 Å². The lowest BCUT2D eigenvalue weighted by Crippen LogP contribution is -2.28. The van der Waals surface area contributed by atoms with E-state index in [4.69, 9.17) is 4.74 Å². The van der Waals surface area contributed by atoms with Gasteiger partial charge >= 0.3 is 0 Å². The van der Waals surface area contributed by atoms with Crippen molar-refractivity contribution in [3.8, 4) is 0 Å². The van der Waals surface area contributed by atoms with Crippen LogP contribution in [0.1, 0.15) is 19.0 Å². The quantitative estimate of drug-likeness (QED) is 0.519. The van der Waals surface area contributed by atoms with E-state index >= 15 is 0 Å². The number of hydrogen-bond donors (Lipinski definition) is 1. The van der Waals surface area contributed by atoms with Crippen molar-refractivity contribution in [1.29, 1.82) is 0 Å². The van der Waals surface area contributed by atoms with Crippen LogP contribution in [0.2, 0.25) is 0 Å². The number of methoxy groups -OCH3 is 1. The Kier molecular flexibility index (Phi) is 7.86. The highest BCUT2D eigenvalue weighted by Gasteiger charge is 2.06. The van der Waals surface area contributed by atoms with Crippen LogP contribution in [0.4, 0.5) is 5.82 Å². The topological polar surface area (TPSA) is 37.4 Å². The normalized spacial score (nSPS) is 10.4. The van der Waals surface area contributed by atoms with Crippen molar-refractivity contribution < 1.29 is 4.74 Å². The summed E-state index contributed by atoms with van der Waals surface area (Å²) in [4.78, 5) is 6.84. The maximum atomic E-state index is 5.13. The molecule has 0 saturated heterocycles. The zero-order chi connectivity index (χ0) is 13.9. The Bertz CT molecular complexity index is 368. The van der Waals surface area contributed by atoms with E-state index in [1.165, 1.54) is 0 Å². The minimum absolute atomic E-state index is 0.688.